The van der Waals surface area contributed by atoms with Gasteiger partial charge in [0.25, 0.3) is 0 Å². The summed E-state index contributed by atoms with van der Waals surface area (Å²) in [4.78, 5) is 28.7. The van der Waals surface area contributed by atoms with Gasteiger partial charge in [0.2, 0.25) is 5.91 Å². The lowest BCUT2D eigenvalue weighted by molar-refractivity contribution is -0.213. The van der Waals surface area contributed by atoms with Gasteiger partial charge in [-0.05, 0) is 117 Å². The van der Waals surface area contributed by atoms with E-state index in [1.807, 2.05) is 0 Å². The molecule has 0 aromatic heterocycles. The standard InChI is InChI=1S/C39H64N2O5S/c1-27(42)46-32-13-14-36(6)30(35(32,4)5)12-15-38(8)31(36)11-10-28-29-26-34(2,3)16-18-39(29,19-17-37(28,38)7)33(43)40-20-9-21-41-22-24-47(44,45)25-23-41/h30-32H,9-26H2,1-8H3,(H,40,43)/t30-,31+,32-,36-,37+,38+,39-/m0/s1. The first-order valence-corrected chi connectivity index (χ1v) is 20.7. The van der Waals surface area contributed by atoms with Gasteiger partial charge in [-0.3, -0.25) is 9.59 Å². The van der Waals surface area contributed by atoms with E-state index >= 15 is 0 Å². The molecule has 0 aromatic rings. The molecule has 0 bridgehead atoms. The largest absolute Gasteiger partial charge is 0.462 e. The highest BCUT2D eigenvalue weighted by molar-refractivity contribution is 7.91. The second-order valence-corrected chi connectivity index (χ2v) is 21.2. The van der Waals surface area contributed by atoms with E-state index in [1.165, 1.54) is 24.8 Å². The van der Waals surface area contributed by atoms with E-state index in [1.54, 1.807) is 12.5 Å². The fraction of sp³-hybridized carbons (Fsp3) is 0.897. The second kappa shape index (κ2) is 11.8. The van der Waals surface area contributed by atoms with Gasteiger partial charge >= 0.3 is 5.97 Å². The maximum absolute atomic E-state index is 14.4. The molecule has 5 fully saturated rings. The summed E-state index contributed by atoms with van der Waals surface area (Å²) in [6.07, 6.45) is 12.6. The molecule has 7 nitrogen and oxygen atoms in total. The average Bonchev–Trinajstić information content (AvgIpc) is 2.97. The molecular formula is C39H64N2O5S. The van der Waals surface area contributed by atoms with E-state index in [2.05, 4.69) is 58.7 Å². The van der Waals surface area contributed by atoms with Crippen LogP contribution in [0.3, 0.4) is 0 Å². The molecule has 0 spiro atoms. The lowest BCUT2D eigenvalue weighted by Gasteiger charge is -2.71. The highest BCUT2D eigenvalue weighted by atomic mass is 32.2. The minimum absolute atomic E-state index is 0.00596. The van der Waals surface area contributed by atoms with E-state index in [0.717, 1.165) is 64.3 Å². The molecule has 8 heteroatoms. The summed E-state index contributed by atoms with van der Waals surface area (Å²) in [6, 6.07) is 0. The molecular weight excluding hydrogens is 609 g/mol. The van der Waals surface area contributed by atoms with Gasteiger partial charge in [0.15, 0.2) is 9.84 Å². The molecule has 7 atom stereocenters. The van der Waals surface area contributed by atoms with Crippen LogP contribution < -0.4 is 5.32 Å². The predicted octanol–water partition coefficient (Wildman–Crippen LogP) is 7.10. The van der Waals surface area contributed by atoms with E-state index in [4.69, 9.17) is 4.74 Å². The summed E-state index contributed by atoms with van der Waals surface area (Å²) < 4.78 is 29.6. The summed E-state index contributed by atoms with van der Waals surface area (Å²) in [5, 5.41) is 3.42. The van der Waals surface area contributed by atoms with Crippen molar-refractivity contribution in [3.63, 3.8) is 0 Å². The highest BCUT2D eigenvalue weighted by Gasteiger charge is 2.68. The highest BCUT2D eigenvalue weighted by Crippen LogP contribution is 2.75. The summed E-state index contributed by atoms with van der Waals surface area (Å²) in [6.45, 7) is 21.6. The number of hydrogen-bond acceptors (Lipinski definition) is 6. The summed E-state index contributed by atoms with van der Waals surface area (Å²) in [5.41, 5.74) is 3.36. The Morgan fingerprint density at radius 1 is 0.851 bits per heavy atom. The van der Waals surface area contributed by atoms with Crippen molar-refractivity contribution in [2.75, 3.05) is 37.7 Å². The number of carbonyl (C=O) groups excluding carboxylic acids is 2. The fourth-order valence-electron chi connectivity index (χ4n) is 12.7. The van der Waals surface area contributed by atoms with E-state index in [9.17, 15) is 18.0 Å². The minimum Gasteiger partial charge on any atom is -0.462 e. The van der Waals surface area contributed by atoms with Gasteiger partial charge in [0.1, 0.15) is 6.10 Å². The summed E-state index contributed by atoms with van der Waals surface area (Å²) in [7, 11) is -2.88. The van der Waals surface area contributed by atoms with Crippen molar-refractivity contribution < 1.29 is 22.7 Å². The maximum atomic E-state index is 14.4. The van der Waals surface area contributed by atoms with Crippen LogP contribution in [0.25, 0.3) is 0 Å². The summed E-state index contributed by atoms with van der Waals surface area (Å²) >= 11 is 0. The van der Waals surface area contributed by atoms with Crippen LogP contribution in [0.15, 0.2) is 11.1 Å². The topological polar surface area (TPSA) is 92.8 Å². The van der Waals surface area contributed by atoms with E-state index in [-0.39, 0.29) is 56.6 Å². The molecule has 266 valence electrons. The number of allylic oxidation sites excluding steroid dienone is 1. The molecule has 0 radical (unpaired) electrons. The molecule has 1 aliphatic heterocycles. The van der Waals surface area contributed by atoms with Crippen molar-refractivity contribution in [1.29, 1.82) is 0 Å². The number of rotatable bonds is 6. The molecule has 4 saturated carbocycles. The first kappa shape index (κ1) is 35.4. The lowest BCUT2D eigenvalue weighted by atomic mass is 9.34. The molecule has 1 heterocycles. The third-order valence-corrected chi connectivity index (χ3v) is 17.2. The number of nitrogens with zero attached hydrogens (tertiary/aromatic N) is 1. The first-order chi connectivity index (χ1) is 21.8. The third-order valence-electron chi connectivity index (χ3n) is 15.6. The maximum Gasteiger partial charge on any atom is 0.302 e. The Balaban J connectivity index is 1.24. The SMILES string of the molecule is CC(=O)O[C@H]1CC[C@]2(C)[C@H]3CCC4=C5CC(C)(C)CC[C@]5(C(=O)NCCCN5CCS(=O)(=O)CC5)CC[C@@]4(C)[C@]3(C)CC[C@H]2C1(C)C. The molecule has 47 heavy (non-hydrogen) atoms. The Labute approximate surface area is 285 Å². The molecule has 5 aliphatic carbocycles. The molecule has 0 aromatic carbocycles. The van der Waals surface area contributed by atoms with Crippen molar-refractivity contribution in [2.24, 2.45) is 44.3 Å². The van der Waals surface area contributed by atoms with Crippen LogP contribution in [0.2, 0.25) is 0 Å². The number of ether oxygens (including phenoxy) is 1. The predicted molar refractivity (Wildman–Crippen MR) is 187 cm³/mol. The zero-order chi connectivity index (χ0) is 34.3. The van der Waals surface area contributed by atoms with Gasteiger partial charge in [-0.2, -0.15) is 0 Å². The van der Waals surface area contributed by atoms with Crippen molar-refractivity contribution in [3.8, 4) is 0 Å². The third kappa shape index (κ3) is 5.75. The zero-order valence-electron chi connectivity index (χ0n) is 30.9. The fourth-order valence-corrected chi connectivity index (χ4v) is 13.9. The monoisotopic (exact) mass is 672 g/mol. The number of nitrogens with one attached hydrogen (secondary N) is 1. The summed E-state index contributed by atoms with van der Waals surface area (Å²) in [5.74, 6) is 1.73. The quantitative estimate of drug-likeness (QED) is 0.184. The smallest absolute Gasteiger partial charge is 0.302 e. The second-order valence-electron chi connectivity index (χ2n) is 18.9. The van der Waals surface area contributed by atoms with Crippen molar-refractivity contribution >= 4 is 21.7 Å². The number of fused-ring (bicyclic) bond motifs is 6. The van der Waals surface area contributed by atoms with E-state index in [0.29, 0.717) is 31.5 Å². The zero-order valence-corrected chi connectivity index (χ0v) is 31.7. The van der Waals surface area contributed by atoms with Gasteiger partial charge in [-0.15, -0.1) is 0 Å². The van der Waals surface area contributed by atoms with Crippen molar-refractivity contribution in [3.05, 3.63) is 11.1 Å². The van der Waals surface area contributed by atoms with Gasteiger partial charge in [-0.1, -0.05) is 59.6 Å². The Morgan fingerprint density at radius 2 is 1.53 bits per heavy atom. The van der Waals surface area contributed by atoms with Gasteiger partial charge in [-0.25, -0.2) is 8.42 Å². The number of carbonyl (C=O) groups is 2. The van der Waals surface area contributed by atoms with Crippen LogP contribution in [0.4, 0.5) is 0 Å². The van der Waals surface area contributed by atoms with Crippen molar-refractivity contribution in [1.82, 2.24) is 10.2 Å². The first-order valence-electron chi connectivity index (χ1n) is 18.9. The number of esters is 1. The van der Waals surface area contributed by atoms with Gasteiger partial charge in [0, 0.05) is 32.0 Å². The Morgan fingerprint density at radius 3 is 2.21 bits per heavy atom. The van der Waals surface area contributed by atoms with Crippen LogP contribution in [0, 0.1) is 44.3 Å². The minimum atomic E-state index is -2.88. The van der Waals surface area contributed by atoms with Crippen molar-refractivity contribution in [2.45, 2.75) is 139 Å². The number of sulfone groups is 1. The molecule has 1 saturated heterocycles. The Kier molecular flexibility index (Phi) is 8.92. The number of hydrogen-bond donors (Lipinski definition) is 1. The van der Waals surface area contributed by atoms with Crippen LogP contribution in [-0.4, -0.2) is 69.0 Å². The average molecular weight is 673 g/mol. The normalized spacial score (nSPS) is 42.3. The molecule has 6 rings (SSSR count). The Hall–Kier alpha value is -1.41. The lowest BCUT2D eigenvalue weighted by Crippen LogP contribution is -2.64. The molecule has 1 N–H and O–H groups in total. The van der Waals surface area contributed by atoms with Gasteiger partial charge in [0.05, 0.1) is 16.9 Å². The number of amides is 1. The van der Waals surface area contributed by atoms with E-state index < -0.39 is 15.3 Å². The molecule has 1 amide bonds. The Bertz CT molecular complexity index is 1400. The molecule has 0 unspecified atom stereocenters. The van der Waals surface area contributed by atoms with Crippen LogP contribution in [0.5, 0.6) is 0 Å². The van der Waals surface area contributed by atoms with Gasteiger partial charge < -0.3 is 15.0 Å². The van der Waals surface area contributed by atoms with Crippen LogP contribution in [-0.2, 0) is 24.2 Å². The van der Waals surface area contributed by atoms with Crippen LogP contribution in [0.1, 0.15) is 132 Å². The molecule has 6 aliphatic rings. The van der Waals surface area contributed by atoms with Crippen LogP contribution >= 0.6 is 0 Å².